The Morgan fingerprint density at radius 3 is 0.913 bits per heavy atom. The maximum Gasteiger partial charge on any atom is 0.168 e. The van der Waals surface area contributed by atoms with E-state index in [4.69, 9.17) is 10.2 Å². The zero-order valence-corrected chi connectivity index (χ0v) is 24.8. The minimum atomic E-state index is 0.777. The van der Waals surface area contributed by atoms with E-state index in [0.717, 1.165) is 68.1 Å². The summed E-state index contributed by atoms with van der Waals surface area (Å²) in [6, 6.07) is 57.8. The standard InChI is InChI=1S/C40H28N6/c1-5-15-29(16-6-1)37-41-43-39(45(37)35-23-9-3-10-24-35)33-21-13-19-31(27-33)32-20-14-22-34(28-32)40-44-42-38(30-17-7-2-8-18-30)46(40)36-25-11-4-12-26-36/h1-28H. The molecular weight excluding hydrogens is 564 g/mol. The van der Waals surface area contributed by atoms with Gasteiger partial charge in [0, 0.05) is 33.6 Å². The molecule has 0 bridgehead atoms. The third kappa shape index (κ3) is 5.08. The molecule has 0 aliphatic rings. The number of rotatable bonds is 7. The summed E-state index contributed by atoms with van der Waals surface area (Å²) in [7, 11) is 0. The van der Waals surface area contributed by atoms with Crippen molar-refractivity contribution in [2.24, 2.45) is 0 Å². The maximum atomic E-state index is 4.71. The van der Waals surface area contributed by atoms with Crippen molar-refractivity contribution in [2.75, 3.05) is 0 Å². The molecular formula is C40H28N6. The molecule has 0 saturated carbocycles. The molecule has 0 fully saturated rings. The third-order valence-electron chi connectivity index (χ3n) is 7.99. The molecule has 0 saturated heterocycles. The molecule has 6 heteroatoms. The van der Waals surface area contributed by atoms with Gasteiger partial charge in [-0.3, -0.25) is 9.13 Å². The average Bonchev–Trinajstić information content (AvgIpc) is 3.79. The average molecular weight is 593 g/mol. The monoisotopic (exact) mass is 592 g/mol. The van der Waals surface area contributed by atoms with Crippen molar-refractivity contribution in [1.29, 1.82) is 0 Å². The lowest BCUT2D eigenvalue weighted by atomic mass is 10.0. The van der Waals surface area contributed by atoms with E-state index < -0.39 is 0 Å². The van der Waals surface area contributed by atoms with Crippen LogP contribution in [0.25, 0.3) is 68.1 Å². The first-order valence-corrected chi connectivity index (χ1v) is 15.2. The van der Waals surface area contributed by atoms with Gasteiger partial charge in [-0.15, -0.1) is 20.4 Å². The second-order valence-electron chi connectivity index (χ2n) is 10.9. The van der Waals surface area contributed by atoms with E-state index in [1.54, 1.807) is 0 Å². The number of hydrogen-bond acceptors (Lipinski definition) is 4. The summed E-state index contributed by atoms with van der Waals surface area (Å²) in [5, 5.41) is 18.7. The second kappa shape index (κ2) is 11.9. The van der Waals surface area contributed by atoms with Crippen molar-refractivity contribution in [3.63, 3.8) is 0 Å². The Hall–Kier alpha value is -6.40. The molecule has 0 radical (unpaired) electrons. The zero-order valence-electron chi connectivity index (χ0n) is 24.8. The number of benzene rings is 6. The van der Waals surface area contributed by atoms with E-state index in [-0.39, 0.29) is 0 Å². The van der Waals surface area contributed by atoms with Crippen LogP contribution < -0.4 is 0 Å². The Labute approximate surface area is 266 Å². The molecule has 0 aliphatic carbocycles. The number of hydrogen-bond donors (Lipinski definition) is 0. The quantitative estimate of drug-likeness (QED) is 0.185. The lowest BCUT2D eigenvalue weighted by Gasteiger charge is -2.13. The molecule has 0 spiro atoms. The Kier molecular flexibility index (Phi) is 7.05. The van der Waals surface area contributed by atoms with Gasteiger partial charge in [-0.2, -0.15) is 0 Å². The molecule has 2 heterocycles. The summed E-state index contributed by atoms with van der Waals surface area (Å²) in [6.07, 6.45) is 0. The zero-order chi connectivity index (χ0) is 30.7. The Bertz CT molecular complexity index is 2080. The van der Waals surface area contributed by atoms with E-state index in [9.17, 15) is 0 Å². The van der Waals surface area contributed by atoms with E-state index in [1.165, 1.54) is 0 Å². The Morgan fingerprint density at radius 1 is 0.261 bits per heavy atom. The first-order valence-electron chi connectivity index (χ1n) is 15.2. The summed E-state index contributed by atoms with van der Waals surface area (Å²) in [6.45, 7) is 0. The predicted octanol–water partition coefficient (Wildman–Crippen LogP) is 9.18. The molecule has 0 aliphatic heterocycles. The Balaban J connectivity index is 1.23. The Morgan fingerprint density at radius 2 is 0.543 bits per heavy atom. The van der Waals surface area contributed by atoms with Crippen molar-refractivity contribution >= 4 is 0 Å². The molecule has 0 unspecified atom stereocenters. The summed E-state index contributed by atoms with van der Waals surface area (Å²) in [5.41, 5.74) is 8.10. The predicted molar refractivity (Wildman–Crippen MR) is 183 cm³/mol. The fraction of sp³-hybridized carbons (Fsp3) is 0. The van der Waals surface area contributed by atoms with Crippen LogP contribution in [0.4, 0.5) is 0 Å². The molecule has 0 atom stereocenters. The molecule has 0 amide bonds. The fourth-order valence-electron chi connectivity index (χ4n) is 5.81. The van der Waals surface area contributed by atoms with Crippen molar-refractivity contribution in [3.8, 4) is 68.1 Å². The largest absolute Gasteiger partial charge is 0.275 e. The van der Waals surface area contributed by atoms with Crippen LogP contribution >= 0.6 is 0 Å². The number of aromatic nitrogens is 6. The second-order valence-corrected chi connectivity index (χ2v) is 10.9. The summed E-state index contributed by atoms with van der Waals surface area (Å²) in [4.78, 5) is 0. The third-order valence-corrected chi connectivity index (χ3v) is 7.99. The summed E-state index contributed by atoms with van der Waals surface area (Å²) < 4.78 is 4.25. The molecule has 2 aromatic heterocycles. The molecule has 8 aromatic rings. The van der Waals surface area contributed by atoms with Crippen LogP contribution in [-0.4, -0.2) is 29.5 Å². The lowest BCUT2D eigenvalue weighted by molar-refractivity contribution is 1.07. The number of nitrogens with zero attached hydrogens (tertiary/aromatic N) is 6. The van der Waals surface area contributed by atoms with Gasteiger partial charge in [0.15, 0.2) is 23.3 Å². The minimum Gasteiger partial charge on any atom is -0.275 e. The van der Waals surface area contributed by atoms with Crippen molar-refractivity contribution < 1.29 is 0 Å². The maximum absolute atomic E-state index is 4.71. The van der Waals surface area contributed by atoms with E-state index in [2.05, 4.69) is 116 Å². The molecule has 6 aromatic carbocycles. The highest BCUT2D eigenvalue weighted by atomic mass is 15.3. The first kappa shape index (κ1) is 27.2. The van der Waals surface area contributed by atoms with Gasteiger partial charge >= 0.3 is 0 Å². The van der Waals surface area contributed by atoms with Gasteiger partial charge < -0.3 is 0 Å². The van der Waals surface area contributed by atoms with Crippen LogP contribution in [-0.2, 0) is 0 Å². The normalized spacial score (nSPS) is 11.0. The van der Waals surface area contributed by atoms with Gasteiger partial charge in [-0.05, 0) is 47.5 Å². The van der Waals surface area contributed by atoms with Gasteiger partial charge in [-0.25, -0.2) is 0 Å². The highest BCUT2D eigenvalue weighted by Crippen LogP contribution is 2.34. The van der Waals surface area contributed by atoms with Crippen molar-refractivity contribution in [1.82, 2.24) is 29.5 Å². The lowest BCUT2D eigenvalue weighted by Crippen LogP contribution is -2.00. The van der Waals surface area contributed by atoms with Crippen LogP contribution in [0.2, 0.25) is 0 Å². The van der Waals surface area contributed by atoms with Gasteiger partial charge in [0.2, 0.25) is 0 Å². The fourth-order valence-corrected chi connectivity index (χ4v) is 5.81. The minimum absolute atomic E-state index is 0.777. The molecule has 6 nitrogen and oxygen atoms in total. The van der Waals surface area contributed by atoms with Crippen LogP contribution in [0.15, 0.2) is 170 Å². The highest BCUT2D eigenvalue weighted by Gasteiger charge is 2.19. The van der Waals surface area contributed by atoms with Gasteiger partial charge in [0.1, 0.15) is 0 Å². The van der Waals surface area contributed by atoms with Gasteiger partial charge in [0.05, 0.1) is 0 Å². The van der Waals surface area contributed by atoms with Crippen LogP contribution in [0, 0.1) is 0 Å². The molecule has 8 rings (SSSR count). The highest BCUT2D eigenvalue weighted by molar-refractivity contribution is 5.76. The summed E-state index contributed by atoms with van der Waals surface area (Å²) in [5.74, 6) is 3.14. The van der Waals surface area contributed by atoms with E-state index in [0.29, 0.717) is 0 Å². The first-order chi connectivity index (χ1) is 22.8. The SMILES string of the molecule is c1ccc(-c2nnc(-c3cccc(-c4cccc(-c5nnc(-c6ccccc6)n5-c5ccccc5)c4)c3)n2-c2ccccc2)cc1. The molecule has 46 heavy (non-hydrogen) atoms. The van der Waals surface area contributed by atoms with E-state index in [1.807, 2.05) is 72.8 Å². The van der Waals surface area contributed by atoms with Gasteiger partial charge in [-0.1, -0.05) is 133 Å². The number of para-hydroxylation sites is 2. The van der Waals surface area contributed by atoms with Crippen LogP contribution in [0.3, 0.4) is 0 Å². The van der Waals surface area contributed by atoms with E-state index >= 15 is 0 Å². The molecule has 0 N–H and O–H groups in total. The van der Waals surface area contributed by atoms with Crippen LogP contribution in [0.1, 0.15) is 0 Å². The van der Waals surface area contributed by atoms with Crippen molar-refractivity contribution in [2.45, 2.75) is 0 Å². The smallest absolute Gasteiger partial charge is 0.168 e. The van der Waals surface area contributed by atoms with Crippen molar-refractivity contribution in [3.05, 3.63) is 170 Å². The van der Waals surface area contributed by atoms with Gasteiger partial charge in [0.25, 0.3) is 0 Å². The van der Waals surface area contributed by atoms with Crippen LogP contribution in [0.5, 0.6) is 0 Å². The topological polar surface area (TPSA) is 61.4 Å². The molecule has 218 valence electrons. The summed E-state index contributed by atoms with van der Waals surface area (Å²) >= 11 is 0.